The van der Waals surface area contributed by atoms with Crippen LogP contribution in [0.3, 0.4) is 0 Å². The highest BCUT2D eigenvalue weighted by Gasteiger charge is 2.15. The van der Waals surface area contributed by atoms with Gasteiger partial charge in [-0.1, -0.05) is 108 Å². The summed E-state index contributed by atoms with van der Waals surface area (Å²) in [5.74, 6) is 0. The molecule has 4 heterocycles. The molecule has 0 aliphatic heterocycles. The Kier molecular flexibility index (Phi) is 6.50. The van der Waals surface area contributed by atoms with E-state index < -0.39 is 0 Å². The molecule has 4 heteroatoms. The number of rotatable bonds is 4. The summed E-state index contributed by atoms with van der Waals surface area (Å²) in [5.41, 5.74) is 10.3. The molecule has 0 bridgehead atoms. The Balaban J connectivity index is 0.938. The van der Waals surface area contributed by atoms with E-state index >= 15 is 0 Å². The van der Waals surface area contributed by atoms with Crippen LogP contribution < -0.4 is 0 Å². The summed E-state index contributed by atoms with van der Waals surface area (Å²) in [6, 6.07) is 50.3. The van der Waals surface area contributed by atoms with Crippen LogP contribution in [-0.2, 0) is 0 Å². The predicted octanol–water partition coefficient (Wildman–Crippen LogP) is 15.0. The lowest BCUT2D eigenvalue weighted by molar-refractivity contribution is 1.51. The van der Waals surface area contributed by atoms with E-state index in [1.54, 1.807) is 0 Å². The first-order chi connectivity index (χ1) is 23.5. The Hall–Kier alpha value is -4.58. The first kappa shape index (κ1) is 28.4. The van der Waals surface area contributed by atoms with Crippen LogP contribution in [0.2, 0.25) is 0 Å². The van der Waals surface area contributed by atoms with Crippen molar-refractivity contribution in [2.45, 2.75) is 13.8 Å². The van der Waals surface area contributed by atoms with Gasteiger partial charge in [0.2, 0.25) is 0 Å². The molecule has 0 nitrogen and oxygen atoms in total. The number of hydrogen-bond acceptors (Lipinski definition) is 4. The molecule has 10 aromatic rings. The molecule has 48 heavy (non-hydrogen) atoms. The molecule has 0 unspecified atom stereocenters. The van der Waals surface area contributed by atoms with Crippen LogP contribution in [-0.4, -0.2) is 0 Å². The lowest BCUT2D eigenvalue weighted by Crippen LogP contribution is -1.78. The third-order valence-electron chi connectivity index (χ3n) is 9.43. The van der Waals surface area contributed by atoms with Crippen molar-refractivity contribution in [1.29, 1.82) is 0 Å². The Morgan fingerprint density at radius 1 is 0.312 bits per heavy atom. The number of benzene rings is 6. The fourth-order valence-electron chi connectivity index (χ4n) is 6.88. The molecule has 4 aromatic heterocycles. The lowest BCUT2D eigenvalue weighted by atomic mass is 10.0. The first-order valence-electron chi connectivity index (χ1n) is 16.1. The van der Waals surface area contributed by atoms with Crippen LogP contribution in [0.15, 0.2) is 133 Å². The van der Waals surface area contributed by atoms with Gasteiger partial charge < -0.3 is 0 Å². The van der Waals surface area contributed by atoms with Crippen LogP contribution >= 0.6 is 45.3 Å². The first-order valence-corrected chi connectivity index (χ1v) is 19.4. The van der Waals surface area contributed by atoms with Gasteiger partial charge in [-0.3, -0.25) is 0 Å². The highest BCUT2D eigenvalue weighted by atomic mass is 32.1. The van der Waals surface area contributed by atoms with Crippen LogP contribution in [0.25, 0.3) is 92.9 Å². The zero-order valence-electron chi connectivity index (χ0n) is 26.3. The summed E-state index contributed by atoms with van der Waals surface area (Å²) in [4.78, 5) is 2.65. The summed E-state index contributed by atoms with van der Waals surface area (Å²) >= 11 is 7.59. The van der Waals surface area contributed by atoms with Gasteiger partial charge in [-0.05, 0) is 94.4 Å². The molecule has 0 fully saturated rings. The van der Waals surface area contributed by atoms with Gasteiger partial charge in [-0.2, -0.15) is 0 Å². The zero-order chi connectivity index (χ0) is 31.9. The maximum absolute atomic E-state index is 2.38. The van der Waals surface area contributed by atoms with Gasteiger partial charge in [0, 0.05) is 39.3 Å². The maximum atomic E-state index is 2.38. The van der Waals surface area contributed by atoms with Gasteiger partial charge >= 0.3 is 0 Å². The van der Waals surface area contributed by atoms with Gasteiger partial charge in [0.25, 0.3) is 0 Å². The van der Waals surface area contributed by atoms with E-state index in [0.717, 1.165) is 0 Å². The van der Waals surface area contributed by atoms with Gasteiger partial charge in [-0.15, -0.1) is 45.3 Å². The average Bonchev–Trinajstić information content (AvgIpc) is 3.89. The average molecular weight is 685 g/mol. The lowest BCUT2D eigenvalue weighted by Gasteiger charge is -2.04. The highest BCUT2D eigenvalue weighted by Crippen LogP contribution is 2.46. The number of thiophene rings is 4. The van der Waals surface area contributed by atoms with Crippen molar-refractivity contribution < 1.29 is 0 Å². The summed E-state index contributed by atoms with van der Waals surface area (Å²) in [7, 11) is 0. The minimum atomic E-state index is 1.26. The van der Waals surface area contributed by atoms with Crippen LogP contribution in [0, 0.1) is 13.8 Å². The molecular weight excluding hydrogens is 657 g/mol. The molecule has 0 amide bonds. The molecule has 0 spiro atoms. The minimum Gasteiger partial charge on any atom is -0.135 e. The van der Waals surface area contributed by atoms with Gasteiger partial charge in [0.15, 0.2) is 0 Å². The third-order valence-corrected chi connectivity index (χ3v) is 14.3. The smallest absolute Gasteiger partial charge is 0.0542 e. The number of aryl methyl sites for hydroxylation is 2. The molecule has 0 saturated carbocycles. The van der Waals surface area contributed by atoms with Gasteiger partial charge in [0.1, 0.15) is 0 Å². The van der Waals surface area contributed by atoms with Crippen LogP contribution in [0.1, 0.15) is 11.1 Å². The minimum absolute atomic E-state index is 1.26. The monoisotopic (exact) mass is 684 g/mol. The van der Waals surface area contributed by atoms with Crippen molar-refractivity contribution in [1.82, 2.24) is 0 Å². The van der Waals surface area contributed by atoms with E-state index in [9.17, 15) is 0 Å². The fraction of sp³-hybridized carbons (Fsp3) is 0.0455. The van der Waals surface area contributed by atoms with Crippen molar-refractivity contribution in [2.24, 2.45) is 0 Å². The predicted molar refractivity (Wildman–Crippen MR) is 217 cm³/mol. The molecule has 0 N–H and O–H groups in total. The molecule has 0 atom stereocenters. The summed E-state index contributed by atoms with van der Waals surface area (Å²) in [5, 5.41) is 5.39. The van der Waals surface area contributed by atoms with Crippen molar-refractivity contribution in [3.8, 4) is 43.1 Å². The third kappa shape index (κ3) is 4.75. The SMILES string of the molecule is Cc1ccc2sc(-c3ccc(-c4ccc5c(c4)sc4c6ccc(-c7ccc(-c8cc9cc(C)ccc9s8)cc7)cc6sc54)cc3)cc2c1. The van der Waals surface area contributed by atoms with Gasteiger partial charge in [-0.25, -0.2) is 0 Å². The van der Waals surface area contributed by atoms with E-state index in [1.807, 2.05) is 45.3 Å². The molecule has 6 aromatic carbocycles. The van der Waals surface area contributed by atoms with Crippen molar-refractivity contribution in [3.63, 3.8) is 0 Å². The Bertz CT molecular complexity index is 2640. The Labute approximate surface area is 294 Å². The standard InChI is InChI=1S/C44H28S4/c1-25-3-17-37-33(19-25)23-39(45-37)29-9-5-27(6-10-29)31-13-15-35-41(21-31)47-44-36-16-14-32(22-42(36)48-43(35)44)28-7-11-30(12-8-28)40-24-34-20-26(2)4-18-38(34)46-40/h3-24H,1-2H3. The van der Waals surface area contributed by atoms with E-state index in [1.165, 1.54) is 104 Å². The summed E-state index contributed by atoms with van der Waals surface area (Å²) in [6.07, 6.45) is 0. The second kappa shape index (κ2) is 11.0. The molecule has 10 rings (SSSR count). The molecule has 0 saturated heterocycles. The second-order valence-electron chi connectivity index (χ2n) is 12.7. The number of fused-ring (bicyclic) bond motifs is 7. The Morgan fingerprint density at radius 2 is 0.708 bits per heavy atom. The van der Waals surface area contributed by atoms with Crippen LogP contribution in [0.4, 0.5) is 0 Å². The molecule has 228 valence electrons. The topological polar surface area (TPSA) is 0 Å². The second-order valence-corrected chi connectivity index (χ2v) is 17.0. The van der Waals surface area contributed by atoms with Crippen molar-refractivity contribution in [3.05, 3.63) is 145 Å². The van der Waals surface area contributed by atoms with Crippen molar-refractivity contribution in [2.75, 3.05) is 0 Å². The zero-order valence-corrected chi connectivity index (χ0v) is 29.6. The largest absolute Gasteiger partial charge is 0.135 e. The normalized spacial score (nSPS) is 12.0. The van der Waals surface area contributed by atoms with E-state index in [0.29, 0.717) is 0 Å². The molecule has 0 aliphatic carbocycles. The van der Waals surface area contributed by atoms with Crippen LogP contribution in [0.5, 0.6) is 0 Å². The van der Waals surface area contributed by atoms with E-state index in [2.05, 4.69) is 147 Å². The quantitative estimate of drug-likeness (QED) is 0.173. The molecule has 0 radical (unpaired) electrons. The number of hydrogen-bond donors (Lipinski definition) is 0. The highest BCUT2D eigenvalue weighted by molar-refractivity contribution is 7.36. The van der Waals surface area contributed by atoms with Crippen molar-refractivity contribution >= 4 is 95.1 Å². The van der Waals surface area contributed by atoms with Gasteiger partial charge in [0.05, 0.1) is 9.40 Å². The summed E-state index contributed by atoms with van der Waals surface area (Å²) in [6.45, 7) is 4.32. The van der Waals surface area contributed by atoms with E-state index in [-0.39, 0.29) is 0 Å². The fourth-order valence-corrected chi connectivity index (χ4v) is 11.7. The maximum Gasteiger partial charge on any atom is 0.0542 e. The molecule has 0 aliphatic rings. The Morgan fingerprint density at radius 3 is 1.15 bits per heavy atom. The molecular formula is C44H28S4. The van der Waals surface area contributed by atoms with E-state index in [4.69, 9.17) is 0 Å². The summed E-state index contributed by atoms with van der Waals surface area (Å²) < 4.78 is 8.21.